The van der Waals surface area contributed by atoms with Gasteiger partial charge in [-0.15, -0.1) is 0 Å². The molecule has 0 unspecified atom stereocenters. The van der Waals surface area contributed by atoms with Gasteiger partial charge in [-0.05, 0) is 35.8 Å². The summed E-state index contributed by atoms with van der Waals surface area (Å²) in [6.45, 7) is 0.454. The lowest BCUT2D eigenvalue weighted by Gasteiger charge is -2.10. The molecular formula is C14H13BClFO4. The van der Waals surface area contributed by atoms with Gasteiger partial charge >= 0.3 is 7.12 Å². The van der Waals surface area contributed by atoms with Gasteiger partial charge in [-0.1, -0.05) is 23.7 Å². The molecule has 0 radical (unpaired) electrons. The third-order valence-electron chi connectivity index (χ3n) is 2.66. The zero-order valence-corrected chi connectivity index (χ0v) is 11.8. The van der Waals surface area contributed by atoms with Crippen LogP contribution in [0, 0.1) is 5.82 Å². The summed E-state index contributed by atoms with van der Waals surface area (Å²) in [6.07, 6.45) is 0. The third-order valence-corrected chi connectivity index (χ3v) is 2.96. The second kappa shape index (κ2) is 7.31. The minimum absolute atomic E-state index is 0.195. The van der Waals surface area contributed by atoms with Gasteiger partial charge in [0.2, 0.25) is 0 Å². The molecule has 2 aromatic carbocycles. The predicted octanol–water partition coefficient (Wildman–Crippen LogP) is 1.62. The summed E-state index contributed by atoms with van der Waals surface area (Å²) in [4.78, 5) is 0. The van der Waals surface area contributed by atoms with Gasteiger partial charge in [-0.25, -0.2) is 4.39 Å². The highest BCUT2D eigenvalue weighted by molar-refractivity contribution is 6.58. The highest BCUT2D eigenvalue weighted by Gasteiger charge is 2.11. The Morgan fingerprint density at radius 2 is 1.81 bits per heavy atom. The smallest absolute Gasteiger partial charge is 0.488 e. The van der Waals surface area contributed by atoms with Crippen molar-refractivity contribution in [3.63, 3.8) is 0 Å². The summed E-state index contributed by atoms with van der Waals surface area (Å²) in [5.41, 5.74) is 0.343. The van der Waals surface area contributed by atoms with Crippen LogP contribution >= 0.6 is 11.6 Å². The van der Waals surface area contributed by atoms with Crippen LogP contribution < -0.4 is 14.9 Å². The molecule has 0 saturated carbocycles. The molecule has 110 valence electrons. The molecule has 0 atom stereocenters. The van der Waals surface area contributed by atoms with Gasteiger partial charge in [-0.3, -0.25) is 0 Å². The molecule has 0 aromatic heterocycles. The molecule has 0 heterocycles. The fraction of sp³-hybridized carbons (Fsp3) is 0.143. The topological polar surface area (TPSA) is 58.9 Å². The van der Waals surface area contributed by atoms with Crippen molar-refractivity contribution in [1.82, 2.24) is 0 Å². The summed E-state index contributed by atoms with van der Waals surface area (Å²) < 4.78 is 23.6. The van der Waals surface area contributed by atoms with Crippen molar-refractivity contribution in [2.75, 3.05) is 13.2 Å². The third kappa shape index (κ3) is 4.63. The van der Waals surface area contributed by atoms with Crippen LogP contribution in [0.1, 0.15) is 0 Å². The van der Waals surface area contributed by atoms with E-state index in [1.54, 1.807) is 18.2 Å². The maximum atomic E-state index is 12.9. The highest BCUT2D eigenvalue weighted by Crippen LogP contribution is 2.24. The lowest BCUT2D eigenvalue weighted by molar-refractivity contribution is 0.217. The van der Waals surface area contributed by atoms with Crippen LogP contribution in [-0.4, -0.2) is 30.4 Å². The van der Waals surface area contributed by atoms with Crippen molar-refractivity contribution < 1.29 is 23.9 Å². The monoisotopic (exact) mass is 310 g/mol. The summed E-state index contributed by atoms with van der Waals surface area (Å²) in [5.74, 6) is 0.443. The molecule has 7 heteroatoms. The van der Waals surface area contributed by atoms with Crippen molar-refractivity contribution in [2.45, 2.75) is 0 Å². The normalized spacial score (nSPS) is 10.3. The van der Waals surface area contributed by atoms with Crippen LogP contribution in [0.25, 0.3) is 0 Å². The van der Waals surface area contributed by atoms with Crippen molar-refractivity contribution in [3.05, 3.63) is 53.3 Å². The maximum absolute atomic E-state index is 12.9. The molecule has 2 rings (SSSR count). The average molecular weight is 311 g/mol. The first-order chi connectivity index (χ1) is 10.1. The van der Waals surface area contributed by atoms with Gasteiger partial charge < -0.3 is 19.5 Å². The Balaban J connectivity index is 1.83. The molecule has 0 aliphatic carbocycles. The van der Waals surface area contributed by atoms with Gasteiger partial charge in [-0.2, -0.15) is 0 Å². The molecule has 0 amide bonds. The summed E-state index contributed by atoms with van der Waals surface area (Å²) in [5, 5.41) is 18.3. The molecule has 0 fully saturated rings. The van der Waals surface area contributed by atoms with Crippen LogP contribution in [0.15, 0.2) is 42.5 Å². The van der Waals surface area contributed by atoms with Crippen molar-refractivity contribution in [1.29, 1.82) is 0 Å². The fourth-order valence-corrected chi connectivity index (χ4v) is 1.89. The van der Waals surface area contributed by atoms with Crippen LogP contribution in [0.3, 0.4) is 0 Å². The van der Waals surface area contributed by atoms with E-state index in [9.17, 15) is 4.39 Å². The van der Waals surface area contributed by atoms with E-state index in [4.69, 9.17) is 31.1 Å². The minimum atomic E-state index is -1.54. The Morgan fingerprint density at radius 3 is 2.52 bits per heavy atom. The first-order valence-electron chi connectivity index (χ1n) is 6.23. The van der Waals surface area contributed by atoms with E-state index in [1.165, 1.54) is 24.3 Å². The van der Waals surface area contributed by atoms with Crippen LogP contribution in [-0.2, 0) is 0 Å². The molecule has 2 N–H and O–H groups in total. The van der Waals surface area contributed by atoms with E-state index < -0.39 is 12.9 Å². The molecule has 0 saturated heterocycles. The zero-order valence-electron chi connectivity index (χ0n) is 11.0. The molecule has 2 aromatic rings. The number of hydrogen-bond donors (Lipinski definition) is 2. The Bertz CT molecular complexity index is 609. The van der Waals surface area contributed by atoms with Gasteiger partial charge in [0.05, 0.1) is 5.02 Å². The van der Waals surface area contributed by atoms with Gasteiger partial charge in [0.1, 0.15) is 30.5 Å². The lowest BCUT2D eigenvalue weighted by Crippen LogP contribution is -2.29. The molecule has 0 aliphatic heterocycles. The molecule has 0 spiro atoms. The molecular weight excluding hydrogens is 297 g/mol. The minimum Gasteiger partial charge on any atom is -0.490 e. The molecule has 21 heavy (non-hydrogen) atoms. The van der Waals surface area contributed by atoms with Crippen LogP contribution in [0.5, 0.6) is 11.5 Å². The number of rotatable bonds is 6. The quantitative estimate of drug-likeness (QED) is 0.629. The fourth-order valence-electron chi connectivity index (χ4n) is 1.67. The van der Waals surface area contributed by atoms with Gasteiger partial charge in [0.15, 0.2) is 0 Å². The molecule has 0 aliphatic rings. The van der Waals surface area contributed by atoms with Crippen LogP contribution in [0.2, 0.25) is 5.02 Å². The standard InChI is InChI=1S/C14H13BClFO4/c16-13-9-11(17)4-5-14(13)21-7-6-20-12-3-1-2-10(8-12)15(18)19/h1-5,8-9,18-19H,6-7H2. The number of halogens is 2. The van der Waals surface area contributed by atoms with Gasteiger partial charge in [0.25, 0.3) is 0 Å². The Labute approximate surface area is 126 Å². The second-order valence-electron chi connectivity index (χ2n) is 4.22. The summed E-state index contributed by atoms with van der Waals surface area (Å²) in [7, 11) is -1.54. The molecule has 4 nitrogen and oxygen atoms in total. The van der Waals surface area contributed by atoms with Crippen molar-refractivity contribution in [2.24, 2.45) is 0 Å². The first-order valence-corrected chi connectivity index (χ1v) is 6.61. The SMILES string of the molecule is OB(O)c1cccc(OCCOc2ccc(F)cc2Cl)c1. The van der Waals surface area contributed by atoms with Gasteiger partial charge in [0, 0.05) is 0 Å². The average Bonchev–Trinajstić information content (AvgIpc) is 2.45. The van der Waals surface area contributed by atoms with E-state index in [0.717, 1.165) is 0 Å². The summed E-state index contributed by atoms with van der Waals surface area (Å²) in [6, 6.07) is 10.3. The Morgan fingerprint density at radius 1 is 1.05 bits per heavy atom. The Kier molecular flexibility index (Phi) is 5.44. The van der Waals surface area contributed by atoms with Crippen molar-refractivity contribution >= 4 is 24.2 Å². The van der Waals surface area contributed by atoms with Crippen molar-refractivity contribution in [3.8, 4) is 11.5 Å². The largest absolute Gasteiger partial charge is 0.490 e. The number of benzene rings is 2. The predicted molar refractivity (Wildman–Crippen MR) is 78.7 cm³/mol. The number of hydrogen-bond acceptors (Lipinski definition) is 4. The molecule has 0 bridgehead atoms. The first kappa shape index (κ1) is 15.6. The zero-order chi connectivity index (χ0) is 15.2. The number of ether oxygens (including phenoxy) is 2. The lowest BCUT2D eigenvalue weighted by atomic mass is 9.80. The second-order valence-corrected chi connectivity index (χ2v) is 4.63. The Hall–Kier alpha value is -1.76. The van der Waals surface area contributed by atoms with E-state index in [0.29, 0.717) is 17.0 Å². The highest BCUT2D eigenvalue weighted by atomic mass is 35.5. The summed E-state index contributed by atoms with van der Waals surface area (Å²) >= 11 is 5.82. The maximum Gasteiger partial charge on any atom is 0.488 e. The van der Waals surface area contributed by atoms with E-state index in [-0.39, 0.29) is 18.2 Å². The van der Waals surface area contributed by atoms with E-state index in [2.05, 4.69) is 0 Å². The van der Waals surface area contributed by atoms with E-state index in [1.807, 2.05) is 0 Å². The van der Waals surface area contributed by atoms with E-state index >= 15 is 0 Å². The van der Waals surface area contributed by atoms with Crippen LogP contribution in [0.4, 0.5) is 4.39 Å².